The number of allylic oxidation sites excluding steroid dienone is 4. The molecule has 20 heavy (non-hydrogen) atoms. The molecule has 1 atom stereocenters. The van der Waals surface area contributed by atoms with E-state index in [-0.39, 0.29) is 30.4 Å². The summed E-state index contributed by atoms with van der Waals surface area (Å²) in [6.45, 7) is 16.4. The van der Waals surface area contributed by atoms with Gasteiger partial charge in [0.25, 0.3) is 0 Å². The topological polar surface area (TPSA) is 12.0 Å². The second-order valence-corrected chi connectivity index (χ2v) is 20.1. The fourth-order valence-corrected chi connectivity index (χ4v) is 13.7. The van der Waals surface area contributed by atoms with Crippen LogP contribution in [-0.4, -0.2) is 12.2 Å². The fraction of sp³-hybridized carbons (Fsp3) is 0.733. The minimum atomic E-state index is -1.20. The molecule has 1 aliphatic rings. The Hall–Kier alpha value is 0.951. The second kappa shape index (κ2) is 9.17. The largest absolute Gasteiger partial charge is 1.00 e. The van der Waals surface area contributed by atoms with Gasteiger partial charge < -0.3 is 24.8 Å². The van der Waals surface area contributed by atoms with Crippen molar-refractivity contribution in [2.75, 3.05) is 0 Å². The SMILES string of the molecule is CCC(C)([NH][Ti+2]([CH]1C=CC=C1)[SiH](C)C)C(C)(C)C.[Cl-].[Cl-]. The van der Waals surface area contributed by atoms with E-state index in [1.54, 1.807) is 0 Å². The van der Waals surface area contributed by atoms with Crippen LogP contribution in [0.15, 0.2) is 24.3 Å². The first-order valence-corrected chi connectivity index (χ1v) is 14.5. The summed E-state index contributed by atoms with van der Waals surface area (Å²) in [6, 6.07) is 0. The number of halogens is 2. The third-order valence-electron chi connectivity index (χ3n) is 4.51. The minimum absolute atomic E-state index is 0. The molecule has 1 N–H and O–H groups in total. The molecule has 0 amide bonds. The Labute approximate surface area is 145 Å². The van der Waals surface area contributed by atoms with Crippen molar-refractivity contribution in [1.29, 1.82) is 0 Å². The summed E-state index contributed by atoms with van der Waals surface area (Å²) < 4.78 is 4.96. The standard InChI is InChI=1S/C8H18N.C5H5.C2H7Si.2ClH.Ti/c1-6-8(5,9)7(2,3)4;1-2-4-5-3-1;1-3-2;;;/h9H,6H2,1-5H3;1-5H;3H,1-2H3;2*1H;/q-1;;;;;+3/p-2. The van der Waals surface area contributed by atoms with Gasteiger partial charge in [0.1, 0.15) is 0 Å². The maximum atomic E-state index is 4.19. The summed E-state index contributed by atoms with van der Waals surface area (Å²) in [5.74, 6) is 0. The molecule has 1 unspecified atom stereocenters. The molecule has 1 rings (SSSR count). The number of rotatable bonds is 5. The van der Waals surface area contributed by atoms with E-state index >= 15 is 0 Å². The molecular formula is C15H30Cl2NSiTi. The molecule has 5 heteroatoms. The second-order valence-electron chi connectivity index (χ2n) is 6.97. The van der Waals surface area contributed by atoms with Crippen LogP contribution in [0, 0.1) is 5.41 Å². The van der Waals surface area contributed by atoms with E-state index in [0.717, 1.165) is 4.22 Å². The number of nitrogens with one attached hydrogen (secondary N) is 1. The Morgan fingerprint density at radius 2 is 1.50 bits per heavy atom. The van der Waals surface area contributed by atoms with Crippen molar-refractivity contribution in [1.82, 2.24) is 3.80 Å². The molecule has 0 saturated carbocycles. The van der Waals surface area contributed by atoms with Crippen LogP contribution in [0.25, 0.3) is 0 Å². The molecule has 117 valence electrons. The molecule has 0 fully saturated rings. The third-order valence-corrected chi connectivity index (χ3v) is 16.8. The Morgan fingerprint density at radius 3 is 1.80 bits per heavy atom. The molecular weight excluding hydrogens is 341 g/mol. The van der Waals surface area contributed by atoms with E-state index in [2.05, 4.69) is 75.8 Å². The van der Waals surface area contributed by atoms with E-state index in [1.807, 2.05) is 0 Å². The zero-order valence-electron chi connectivity index (χ0n) is 13.9. The fourth-order valence-electron chi connectivity index (χ4n) is 2.38. The normalized spacial score (nSPS) is 17.6. The van der Waals surface area contributed by atoms with Crippen molar-refractivity contribution in [2.45, 2.75) is 63.9 Å². The zero-order valence-corrected chi connectivity index (χ0v) is 18.2. The van der Waals surface area contributed by atoms with Crippen LogP contribution in [0.1, 0.15) is 41.0 Å². The average Bonchev–Trinajstić information content (AvgIpc) is 2.76. The van der Waals surface area contributed by atoms with Crippen LogP contribution in [0.3, 0.4) is 0 Å². The first-order chi connectivity index (χ1) is 8.21. The molecule has 1 nitrogen and oxygen atoms in total. The van der Waals surface area contributed by atoms with Gasteiger partial charge in [-0.05, 0) is 0 Å². The number of hydrogen-bond acceptors (Lipinski definition) is 1. The maximum absolute atomic E-state index is 4.19. The van der Waals surface area contributed by atoms with Gasteiger partial charge in [-0.1, -0.05) is 0 Å². The van der Waals surface area contributed by atoms with E-state index < -0.39 is 24.0 Å². The summed E-state index contributed by atoms with van der Waals surface area (Å²) in [5.41, 5.74) is 0.610. The van der Waals surface area contributed by atoms with Gasteiger partial charge in [0.05, 0.1) is 0 Å². The molecule has 0 aromatic rings. The molecule has 0 spiro atoms. The van der Waals surface area contributed by atoms with Gasteiger partial charge in [0, 0.05) is 0 Å². The summed E-state index contributed by atoms with van der Waals surface area (Å²) in [5, 5.41) is 0. The summed E-state index contributed by atoms with van der Waals surface area (Å²) in [4.78, 5) is 0. The summed E-state index contributed by atoms with van der Waals surface area (Å²) in [6.07, 6.45) is 10.5. The van der Waals surface area contributed by atoms with Gasteiger partial charge in [-0.2, -0.15) is 0 Å². The maximum Gasteiger partial charge on any atom is -1.00 e. The van der Waals surface area contributed by atoms with Crippen LogP contribution < -0.4 is 28.6 Å². The molecule has 0 radical (unpaired) electrons. The monoisotopic (exact) mass is 370 g/mol. The van der Waals surface area contributed by atoms with E-state index in [0.29, 0.717) is 5.41 Å². The van der Waals surface area contributed by atoms with Crippen molar-refractivity contribution >= 4 is 6.66 Å². The first kappa shape index (κ1) is 23.2. The van der Waals surface area contributed by atoms with Crippen LogP contribution >= 0.6 is 0 Å². The molecule has 0 aromatic carbocycles. The Kier molecular flexibility index (Phi) is 10.6. The van der Waals surface area contributed by atoms with Crippen LogP contribution in [0.4, 0.5) is 0 Å². The average molecular weight is 371 g/mol. The van der Waals surface area contributed by atoms with Gasteiger partial charge in [-0.25, -0.2) is 0 Å². The van der Waals surface area contributed by atoms with Gasteiger partial charge >= 0.3 is 121 Å². The van der Waals surface area contributed by atoms with E-state index in [9.17, 15) is 0 Å². The predicted octanol–water partition coefficient (Wildman–Crippen LogP) is -1.77. The molecule has 0 saturated heterocycles. The smallest absolute Gasteiger partial charge is 1.00 e. The minimum Gasteiger partial charge on any atom is -1.00 e. The first-order valence-electron chi connectivity index (χ1n) is 7.21. The van der Waals surface area contributed by atoms with Crippen molar-refractivity contribution in [3.05, 3.63) is 24.3 Å². The summed E-state index contributed by atoms with van der Waals surface area (Å²) in [7, 11) is 0. The molecule has 0 aliphatic heterocycles. The molecule has 0 bridgehead atoms. The summed E-state index contributed by atoms with van der Waals surface area (Å²) >= 11 is -1.20. The van der Waals surface area contributed by atoms with Crippen molar-refractivity contribution in [3.63, 3.8) is 0 Å². The quantitative estimate of drug-likeness (QED) is 0.565. The number of hydrogen-bond donors (Lipinski definition) is 1. The van der Waals surface area contributed by atoms with Gasteiger partial charge in [0.2, 0.25) is 0 Å². The molecule has 1 aliphatic carbocycles. The van der Waals surface area contributed by atoms with Crippen LogP contribution in [0.5, 0.6) is 0 Å². The Bertz CT molecular complexity index is 327. The van der Waals surface area contributed by atoms with Gasteiger partial charge in [0.15, 0.2) is 0 Å². The predicted molar refractivity (Wildman–Crippen MR) is 82.2 cm³/mol. The van der Waals surface area contributed by atoms with Crippen molar-refractivity contribution in [2.24, 2.45) is 5.41 Å². The van der Waals surface area contributed by atoms with Crippen molar-refractivity contribution in [3.8, 4) is 0 Å². The third kappa shape index (κ3) is 5.62. The Balaban J connectivity index is 0. The van der Waals surface area contributed by atoms with Crippen LogP contribution in [-0.2, 0) is 17.4 Å². The Morgan fingerprint density at radius 1 is 1.05 bits per heavy atom. The molecule has 0 heterocycles. The van der Waals surface area contributed by atoms with Gasteiger partial charge in [-0.3, -0.25) is 0 Å². The van der Waals surface area contributed by atoms with Crippen LogP contribution in [0.2, 0.25) is 17.3 Å². The zero-order chi connectivity index (χ0) is 14.0. The van der Waals surface area contributed by atoms with E-state index in [1.165, 1.54) is 6.42 Å². The molecule has 0 aromatic heterocycles. The van der Waals surface area contributed by atoms with Crippen molar-refractivity contribution < 1.29 is 42.2 Å². The van der Waals surface area contributed by atoms with Gasteiger partial charge in [-0.15, -0.1) is 0 Å². The van der Waals surface area contributed by atoms with E-state index in [4.69, 9.17) is 0 Å².